The molecule has 0 spiro atoms. The Hall–Kier alpha value is -2.67. The number of aromatic nitrogens is 3. The molecule has 7 nitrogen and oxygen atoms in total. The summed E-state index contributed by atoms with van der Waals surface area (Å²) in [7, 11) is 0. The molecule has 1 aliphatic heterocycles. The third-order valence-electron chi connectivity index (χ3n) is 5.97. The second kappa shape index (κ2) is 6.49. The van der Waals surface area contributed by atoms with Gasteiger partial charge in [0.1, 0.15) is 5.82 Å². The van der Waals surface area contributed by atoms with Crippen molar-refractivity contribution in [2.45, 2.75) is 25.7 Å². The van der Waals surface area contributed by atoms with Gasteiger partial charge in [0, 0.05) is 37.0 Å². The van der Waals surface area contributed by atoms with Crippen LogP contribution in [0, 0.1) is 0 Å². The first-order valence-electron chi connectivity index (χ1n) is 9.76. The number of fused-ring (bicyclic) bond motifs is 5. The number of nitrogens with two attached hydrogens (primary N) is 1. The van der Waals surface area contributed by atoms with Gasteiger partial charge in [-0.05, 0) is 48.9 Å². The van der Waals surface area contributed by atoms with Gasteiger partial charge >= 0.3 is 0 Å². The molecule has 1 amide bonds. The number of aryl methyl sites for hydroxylation is 1. The van der Waals surface area contributed by atoms with Crippen LogP contribution in [0.5, 0.6) is 0 Å². The number of aromatic amines is 1. The highest BCUT2D eigenvalue weighted by Crippen LogP contribution is 2.37. The molecule has 0 radical (unpaired) electrons. The summed E-state index contributed by atoms with van der Waals surface area (Å²) in [6.45, 7) is 3.14. The molecule has 1 saturated heterocycles. The highest BCUT2D eigenvalue weighted by atomic mass is 16.2. The maximum Gasteiger partial charge on any atom is 0.236 e. The van der Waals surface area contributed by atoms with Crippen molar-refractivity contribution in [2.24, 2.45) is 5.73 Å². The minimum absolute atomic E-state index is 0.0329. The summed E-state index contributed by atoms with van der Waals surface area (Å²) in [6, 6.07) is 4.16. The number of nitrogens with zero attached hydrogens (tertiary/aromatic N) is 4. The average molecular weight is 364 g/mol. The SMILES string of the molecule is NCC(=O)N1CCN(c2nc3ccc4[nH]ncc4c3c3c2CCCC3)CC1. The Bertz CT molecular complexity index is 1020. The molecule has 3 N–H and O–H groups in total. The van der Waals surface area contributed by atoms with Crippen LogP contribution in [-0.4, -0.2) is 58.7 Å². The molecule has 2 aromatic heterocycles. The number of benzene rings is 1. The molecular weight excluding hydrogens is 340 g/mol. The second-order valence-electron chi connectivity index (χ2n) is 7.46. The van der Waals surface area contributed by atoms with Gasteiger partial charge in [-0.1, -0.05) is 0 Å². The molecule has 1 aliphatic carbocycles. The van der Waals surface area contributed by atoms with E-state index in [1.165, 1.54) is 34.7 Å². The lowest BCUT2D eigenvalue weighted by Gasteiger charge is -2.37. The maximum atomic E-state index is 11.9. The van der Waals surface area contributed by atoms with Crippen LogP contribution in [0.25, 0.3) is 21.8 Å². The van der Waals surface area contributed by atoms with E-state index in [0.717, 1.165) is 42.8 Å². The van der Waals surface area contributed by atoms with Crippen molar-refractivity contribution in [1.29, 1.82) is 0 Å². The van der Waals surface area contributed by atoms with Gasteiger partial charge in [-0.25, -0.2) is 4.98 Å². The van der Waals surface area contributed by atoms with E-state index in [2.05, 4.69) is 27.2 Å². The number of anilines is 1. The molecule has 5 rings (SSSR count). The van der Waals surface area contributed by atoms with Crippen molar-refractivity contribution < 1.29 is 4.79 Å². The largest absolute Gasteiger partial charge is 0.353 e. The van der Waals surface area contributed by atoms with Crippen molar-refractivity contribution in [1.82, 2.24) is 20.1 Å². The summed E-state index contributed by atoms with van der Waals surface area (Å²) in [4.78, 5) is 21.2. The Morgan fingerprint density at radius 1 is 1.11 bits per heavy atom. The summed E-state index contributed by atoms with van der Waals surface area (Å²) >= 11 is 0. The van der Waals surface area contributed by atoms with Crippen LogP contribution in [0.3, 0.4) is 0 Å². The van der Waals surface area contributed by atoms with Gasteiger partial charge in [-0.3, -0.25) is 9.89 Å². The number of nitrogens with one attached hydrogen (secondary N) is 1. The molecule has 2 aliphatic rings. The fourth-order valence-electron chi connectivity index (χ4n) is 4.58. The van der Waals surface area contributed by atoms with Crippen molar-refractivity contribution in [3.63, 3.8) is 0 Å². The van der Waals surface area contributed by atoms with Crippen molar-refractivity contribution in [3.8, 4) is 0 Å². The molecular formula is C20H24N6O. The number of amides is 1. The fourth-order valence-corrected chi connectivity index (χ4v) is 4.58. The zero-order valence-corrected chi connectivity index (χ0v) is 15.4. The molecule has 3 heterocycles. The van der Waals surface area contributed by atoms with E-state index in [0.29, 0.717) is 13.1 Å². The number of hydrogen-bond donors (Lipinski definition) is 2. The van der Waals surface area contributed by atoms with Crippen LogP contribution in [0.4, 0.5) is 5.82 Å². The van der Waals surface area contributed by atoms with Crippen molar-refractivity contribution >= 4 is 33.5 Å². The van der Waals surface area contributed by atoms with Crippen LogP contribution < -0.4 is 10.6 Å². The maximum absolute atomic E-state index is 11.9. The fraction of sp³-hybridized carbons (Fsp3) is 0.450. The summed E-state index contributed by atoms with van der Waals surface area (Å²) in [5, 5.41) is 9.75. The van der Waals surface area contributed by atoms with E-state index >= 15 is 0 Å². The Kier molecular flexibility index (Phi) is 3.97. The van der Waals surface area contributed by atoms with E-state index in [-0.39, 0.29) is 12.5 Å². The lowest BCUT2D eigenvalue weighted by Crippen LogP contribution is -2.50. The molecule has 1 aromatic carbocycles. The van der Waals surface area contributed by atoms with Gasteiger partial charge in [-0.2, -0.15) is 5.10 Å². The molecule has 0 bridgehead atoms. The Morgan fingerprint density at radius 2 is 1.89 bits per heavy atom. The molecule has 1 fully saturated rings. The van der Waals surface area contributed by atoms with Crippen LogP contribution in [-0.2, 0) is 17.6 Å². The number of carbonyl (C=O) groups is 1. The topological polar surface area (TPSA) is 91.1 Å². The molecule has 3 aromatic rings. The summed E-state index contributed by atoms with van der Waals surface area (Å²) in [5.74, 6) is 1.14. The molecule has 0 saturated carbocycles. The molecule has 0 atom stereocenters. The lowest BCUT2D eigenvalue weighted by molar-refractivity contribution is -0.129. The predicted molar refractivity (Wildman–Crippen MR) is 106 cm³/mol. The first-order valence-corrected chi connectivity index (χ1v) is 9.76. The van der Waals surface area contributed by atoms with Crippen LogP contribution >= 0.6 is 0 Å². The van der Waals surface area contributed by atoms with Gasteiger partial charge in [0.15, 0.2) is 0 Å². The van der Waals surface area contributed by atoms with Gasteiger partial charge in [-0.15, -0.1) is 0 Å². The number of rotatable bonds is 2. The second-order valence-corrected chi connectivity index (χ2v) is 7.46. The Labute approximate surface area is 157 Å². The van der Waals surface area contributed by atoms with E-state index < -0.39 is 0 Å². The van der Waals surface area contributed by atoms with Crippen LogP contribution in [0.15, 0.2) is 18.3 Å². The number of H-pyrrole nitrogens is 1. The highest BCUT2D eigenvalue weighted by Gasteiger charge is 2.26. The quantitative estimate of drug-likeness (QED) is 0.721. The smallest absolute Gasteiger partial charge is 0.236 e. The summed E-state index contributed by atoms with van der Waals surface area (Å²) in [6.07, 6.45) is 6.52. The van der Waals surface area contributed by atoms with Gasteiger partial charge < -0.3 is 15.5 Å². The van der Waals surface area contributed by atoms with Crippen LogP contribution in [0.1, 0.15) is 24.0 Å². The minimum atomic E-state index is 0.0329. The third kappa shape index (κ3) is 2.65. The predicted octanol–water partition coefficient (Wildman–Crippen LogP) is 1.60. The zero-order valence-electron chi connectivity index (χ0n) is 15.4. The number of carbonyl (C=O) groups excluding carboxylic acids is 1. The normalized spacial score (nSPS) is 17.5. The molecule has 140 valence electrons. The minimum Gasteiger partial charge on any atom is -0.353 e. The standard InChI is InChI=1S/C20H24N6O/c21-11-18(27)25-7-9-26(10-8-25)20-14-4-2-1-3-13(14)19-15-12-22-24-16(15)5-6-17(19)23-20/h5-6,12H,1-4,7-11,21H2,(H,22,24). The highest BCUT2D eigenvalue weighted by molar-refractivity contribution is 6.07. The Morgan fingerprint density at radius 3 is 2.67 bits per heavy atom. The van der Waals surface area contributed by atoms with Crippen molar-refractivity contribution in [2.75, 3.05) is 37.6 Å². The van der Waals surface area contributed by atoms with Gasteiger partial charge in [0.25, 0.3) is 0 Å². The van der Waals surface area contributed by atoms with Crippen LogP contribution in [0.2, 0.25) is 0 Å². The molecule has 7 heteroatoms. The molecule has 27 heavy (non-hydrogen) atoms. The first kappa shape index (κ1) is 16.5. The van der Waals surface area contributed by atoms with Crippen molar-refractivity contribution in [3.05, 3.63) is 29.5 Å². The summed E-state index contributed by atoms with van der Waals surface area (Å²) in [5.41, 5.74) is 10.5. The monoisotopic (exact) mass is 364 g/mol. The average Bonchev–Trinajstić information content (AvgIpc) is 3.21. The zero-order chi connectivity index (χ0) is 18.4. The van der Waals surface area contributed by atoms with E-state index in [9.17, 15) is 4.79 Å². The molecule has 0 unspecified atom stereocenters. The third-order valence-corrected chi connectivity index (χ3v) is 5.97. The van der Waals surface area contributed by atoms with E-state index in [1.54, 1.807) is 0 Å². The summed E-state index contributed by atoms with van der Waals surface area (Å²) < 4.78 is 0. The first-order chi connectivity index (χ1) is 13.3. The van der Waals surface area contributed by atoms with Gasteiger partial charge in [0.2, 0.25) is 5.91 Å². The number of piperazine rings is 1. The Balaban J connectivity index is 1.59. The number of hydrogen-bond acceptors (Lipinski definition) is 5. The van der Waals surface area contributed by atoms with E-state index in [1.807, 2.05) is 11.1 Å². The van der Waals surface area contributed by atoms with Gasteiger partial charge in [0.05, 0.1) is 23.8 Å². The van der Waals surface area contributed by atoms with E-state index in [4.69, 9.17) is 10.7 Å². The lowest BCUT2D eigenvalue weighted by atomic mass is 9.88. The number of pyridine rings is 1.